The van der Waals surface area contributed by atoms with Gasteiger partial charge in [0.15, 0.2) is 0 Å². The lowest BCUT2D eigenvalue weighted by Gasteiger charge is -2.02. The van der Waals surface area contributed by atoms with Crippen LogP contribution in [-0.4, -0.2) is 4.98 Å². The van der Waals surface area contributed by atoms with Gasteiger partial charge in [-0.2, -0.15) is 0 Å². The average Bonchev–Trinajstić information content (AvgIpc) is 1.94. The normalized spacial score (nSPS) is 10.6. The van der Waals surface area contributed by atoms with Crippen LogP contribution in [0.4, 0.5) is 8.78 Å². The summed E-state index contributed by atoms with van der Waals surface area (Å²) in [7, 11) is 0. The Labute approximate surface area is 75.5 Å². The molecule has 0 fully saturated rings. The van der Waals surface area contributed by atoms with Crippen molar-refractivity contribution in [3.63, 3.8) is 0 Å². The van der Waals surface area contributed by atoms with Crippen molar-refractivity contribution >= 4 is 27.5 Å². The highest BCUT2D eigenvalue weighted by molar-refractivity contribution is 9.10. The zero-order valence-corrected chi connectivity index (χ0v) is 7.53. The van der Waals surface area contributed by atoms with Gasteiger partial charge in [0, 0.05) is 11.8 Å². The number of aromatic nitrogens is 1. The molecule has 0 aromatic carbocycles. The first-order valence-corrected chi connectivity index (χ1v) is 3.88. The molecule has 0 saturated carbocycles. The van der Waals surface area contributed by atoms with E-state index in [2.05, 4.69) is 20.9 Å². The molecule has 0 aliphatic heterocycles. The molecular weight excluding hydrogens is 239 g/mol. The lowest BCUT2D eigenvalue weighted by atomic mass is 10.3. The van der Waals surface area contributed by atoms with Crippen molar-refractivity contribution in [1.82, 2.24) is 4.98 Å². The first kappa shape index (κ1) is 8.87. The van der Waals surface area contributed by atoms with E-state index in [9.17, 15) is 8.78 Å². The number of pyridine rings is 1. The molecule has 0 aliphatic carbocycles. The van der Waals surface area contributed by atoms with Gasteiger partial charge in [0.1, 0.15) is 5.15 Å². The Kier molecular flexibility index (Phi) is 2.78. The van der Waals surface area contributed by atoms with Crippen molar-refractivity contribution in [3.8, 4) is 0 Å². The van der Waals surface area contributed by atoms with Gasteiger partial charge in [-0.3, -0.25) is 0 Å². The Bertz CT molecular complexity index is 267. The Morgan fingerprint density at radius 1 is 1.55 bits per heavy atom. The monoisotopic (exact) mass is 241 g/mol. The van der Waals surface area contributed by atoms with E-state index in [1.807, 2.05) is 0 Å². The molecule has 1 nitrogen and oxygen atoms in total. The van der Waals surface area contributed by atoms with E-state index < -0.39 is 6.43 Å². The number of halogens is 4. The molecule has 0 amide bonds. The predicted molar refractivity (Wildman–Crippen MR) is 41.9 cm³/mol. The van der Waals surface area contributed by atoms with Crippen molar-refractivity contribution in [2.45, 2.75) is 6.43 Å². The van der Waals surface area contributed by atoms with Crippen LogP contribution in [0, 0.1) is 0 Å². The average molecular weight is 242 g/mol. The maximum atomic E-state index is 12.1. The number of hydrogen-bond acceptors (Lipinski definition) is 1. The van der Waals surface area contributed by atoms with Crippen LogP contribution in [0.3, 0.4) is 0 Å². The van der Waals surface area contributed by atoms with E-state index in [1.54, 1.807) is 0 Å². The van der Waals surface area contributed by atoms with Gasteiger partial charge in [-0.25, -0.2) is 13.8 Å². The second kappa shape index (κ2) is 3.45. The van der Waals surface area contributed by atoms with Crippen LogP contribution in [0.25, 0.3) is 0 Å². The van der Waals surface area contributed by atoms with Gasteiger partial charge in [0.2, 0.25) is 0 Å². The minimum absolute atomic E-state index is 0.0581. The Hall–Kier alpha value is -0.220. The minimum Gasteiger partial charge on any atom is -0.243 e. The van der Waals surface area contributed by atoms with Gasteiger partial charge < -0.3 is 0 Å². The third-order valence-corrected chi connectivity index (χ3v) is 2.46. The summed E-state index contributed by atoms with van der Waals surface area (Å²) in [5.41, 5.74) is -0.134. The molecule has 0 saturated heterocycles. The van der Waals surface area contributed by atoms with Crippen molar-refractivity contribution < 1.29 is 8.78 Å². The van der Waals surface area contributed by atoms with Gasteiger partial charge in [-0.1, -0.05) is 11.6 Å². The molecule has 0 spiro atoms. The van der Waals surface area contributed by atoms with E-state index >= 15 is 0 Å². The predicted octanol–water partition coefficient (Wildman–Crippen LogP) is 3.44. The van der Waals surface area contributed by atoms with E-state index in [0.717, 1.165) is 0 Å². The fourth-order valence-electron chi connectivity index (χ4n) is 0.600. The van der Waals surface area contributed by atoms with Crippen LogP contribution in [0.15, 0.2) is 16.7 Å². The summed E-state index contributed by atoms with van der Waals surface area (Å²) in [5, 5.41) is 0.0581. The molecule has 1 rings (SSSR count). The molecule has 60 valence electrons. The summed E-state index contributed by atoms with van der Waals surface area (Å²) in [5.74, 6) is 0. The highest BCUT2D eigenvalue weighted by atomic mass is 79.9. The zero-order chi connectivity index (χ0) is 8.43. The molecule has 0 atom stereocenters. The summed E-state index contributed by atoms with van der Waals surface area (Å²) in [4.78, 5) is 3.61. The number of nitrogens with zero attached hydrogens (tertiary/aromatic N) is 1. The van der Waals surface area contributed by atoms with Gasteiger partial charge >= 0.3 is 0 Å². The van der Waals surface area contributed by atoms with Crippen molar-refractivity contribution in [2.75, 3.05) is 0 Å². The van der Waals surface area contributed by atoms with Crippen LogP contribution in [0.5, 0.6) is 0 Å². The first-order chi connectivity index (χ1) is 5.13. The summed E-state index contributed by atoms with van der Waals surface area (Å²) in [6.45, 7) is 0. The van der Waals surface area contributed by atoms with Crippen LogP contribution < -0.4 is 0 Å². The topological polar surface area (TPSA) is 12.9 Å². The molecule has 0 aliphatic rings. The number of rotatable bonds is 1. The number of alkyl halides is 2. The maximum Gasteiger partial charge on any atom is 0.265 e. The molecule has 1 aromatic rings. The molecule has 0 N–H and O–H groups in total. The Morgan fingerprint density at radius 3 is 2.64 bits per heavy atom. The summed E-state index contributed by atoms with van der Waals surface area (Å²) < 4.78 is 24.3. The van der Waals surface area contributed by atoms with Crippen LogP contribution in [0.2, 0.25) is 5.15 Å². The lowest BCUT2D eigenvalue weighted by molar-refractivity contribution is 0.150. The zero-order valence-electron chi connectivity index (χ0n) is 5.19. The standard InChI is InChI=1S/C6H3BrClF2N/c7-4-3(6(9)10)1-2-11-5(4)8/h1-2,6H. The molecule has 0 bridgehead atoms. The van der Waals surface area contributed by atoms with E-state index in [0.29, 0.717) is 0 Å². The van der Waals surface area contributed by atoms with Crippen molar-refractivity contribution in [3.05, 3.63) is 27.5 Å². The Balaban J connectivity index is 3.17. The maximum absolute atomic E-state index is 12.1. The fourth-order valence-corrected chi connectivity index (χ4v) is 1.17. The first-order valence-electron chi connectivity index (χ1n) is 2.71. The van der Waals surface area contributed by atoms with Gasteiger partial charge in [-0.05, 0) is 22.0 Å². The summed E-state index contributed by atoms with van der Waals surface area (Å²) in [6, 6.07) is 1.22. The van der Waals surface area contributed by atoms with Crippen molar-refractivity contribution in [1.29, 1.82) is 0 Å². The molecule has 1 aromatic heterocycles. The van der Waals surface area contributed by atoms with Gasteiger partial charge in [0.25, 0.3) is 6.43 Å². The highest BCUT2D eigenvalue weighted by Gasteiger charge is 2.13. The molecule has 1 heterocycles. The molecule has 5 heteroatoms. The van der Waals surface area contributed by atoms with E-state index in [1.165, 1.54) is 12.3 Å². The Morgan fingerprint density at radius 2 is 2.18 bits per heavy atom. The van der Waals surface area contributed by atoms with Gasteiger partial charge in [0.05, 0.1) is 4.47 Å². The van der Waals surface area contributed by atoms with Crippen LogP contribution in [-0.2, 0) is 0 Å². The number of hydrogen-bond donors (Lipinski definition) is 0. The quantitative estimate of drug-likeness (QED) is 0.688. The summed E-state index contributed by atoms with van der Waals surface area (Å²) in [6.07, 6.45) is -1.28. The SMILES string of the molecule is FC(F)c1ccnc(Cl)c1Br. The highest BCUT2D eigenvalue weighted by Crippen LogP contribution is 2.30. The van der Waals surface area contributed by atoms with Crippen LogP contribution >= 0.6 is 27.5 Å². The van der Waals surface area contributed by atoms with E-state index in [4.69, 9.17) is 11.6 Å². The van der Waals surface area contributed by atoms with Crippen LogP contribution in [0.1, 0.15) is 12.0 Å². The van der Waals surface area contributed by atoms with Crippen molar-refractivity contribution in [2.24, 2.45) is 0 Å². The minimum atomic E-state index is -2.52. The second-order valence-electron chi connectivity index (χ2n) is 1.81. The fraction of sp³-hybridized carbons (Fsp3) is 0.167. The lowest BCUT2D eigenvalue weighted by Crippen LogP contribution is -1.88. The molecular formula is C6H3BrClF2N. The van der Waals surface area contributed by atoms with Gasteiger partial charge in [-0.15, -0.1) is 0 Å². The third kappa shape index (κ3) is 1.87. The second-order valence-corrected chi connectivity index (χ2v) is 2.96. The molecule has 0 unspecified atom stereocenters. The third-order valence-electron chi connectivity index (χ3n) is 1.11. The molecule has 11 heavy (non-hydrogen) atoms. The smallest absolute Gasteiger partial charge is 0.243 e. The molecule has 0 radical (unpaired) electrons. The van der Waals surface area contributed by atoms with E-state index in [-0.39, 0.29) is 15.2 Å². The largest absolute Gasteiger partial charge is 0.265 e. The summed E-state index contributed by atoms with van der Waals surface area (Å²) >= 11 is 8.37.